The van der Waals surface area contributed by atoms with Crippen molar-refractivity contribution in [2.24, 2.45) is 22.9 Å². The van der Waals surface area contributed by atoms with E-state index in [9.17, 15) is 4.79 Å². The second-order valence-electron chi connectivity index (χ2n) is 2.08. The molecular weight excluding hydrogens is 136 g/mol. The van der Waals surface area contributed by atoms with E-state index < -0.39 is 17.7 Å². The van der Waals surface area contributed by atoms with Gasteiger partial charge in [-0.25, -0.2) is 4.79 Å². The van der Waals surface area contributed by atoms with Gasteiger partial charge in [0.05, 0.1) is 6.04 Å². The summed E-state index contributed by atoms with van der Waals surface area (Å²) >= 11 is 0. The van der Waals surface area contributed by atoms with E-state index >= 15 is 0 Å². The van der Waals surface area contributed by atoms with Crippen molar-refractivity contribution >= 4 is 5.97 Å². The smallest absolute Gasteiger partial charge is 0.340 e. The SMILES string of the molecule is NCC(N)C(N)(N)C(=O)O. The van der Waals surface area contributed by atoms with Crippen LogP contribution in [0, 0.1) is 0 Å². The third kappa shape index (κ3) is 1.64. The summed E-state index contributed by atoms with van der Waals surface area (Å²) in [5, 5.41) is 8.36. The predicted octanol–water partition coefficient (Wildman–Crippen LogP) is -3.03. The summed E-state index contributed by atoms with van der Waals surface area (Å²) in [5.41, 5.74) is 18.5. The average Bonchev–Trinajstić information content (AvgIpc) is 1.86. The molecule has 60 valence electrons. The molecule has 0 saturated carbocycles. The van der Waals surface area contributed by atoms with E-state index in [4.69, 9.17) is 28.0 Å². The van der Waals surface area contributed by atoms with Gasteiger partial charge in [0.15, 0.2) is 5.66 Å². The minimum absolute atomic E-state index is 0.0562. The molecule has 9 N–H and O–H groups in total. The number of rotatable bonds is 3. The molecule has 0 aliphatic rings. The van der Waals surface area contributed by atoms with Crippen molar-refractivity contribution in [1.29, 1.82) is 0 Å². The first kappa shape index (κ1) is 9.31. The maximum Gasteiger partial charge on any atom is 0.340 e. The van der Waals surface area contributed by atoms with E-state index in [2.05, 4.69) is 0 Å². The maximum absolute atomic E-state index is 10.2. The van der Waals surface area contributed by atoms with Crippen molar-refractivity contribution in [3.63, 3.8) is 0 Å². The highest BCUT2D eigenvalue weighted by Gasteiger charge is 2.35. The van der Waals surface area contributed by atoms with Crippen molar-refractivity contribution in [2.45, 2.75) is 11.7 Å². The molecule has 1 atom stereocenters. The third-order valence-corrected chi connectivity index (χ3v) is 1.24. The topological polar surface area (TPSA) is 141 Å². The van der Waals surface area contributed by atoms with Crippen LogP contribution >= 0.6 is 0 Å². The molecule has 0 rings (SSSR count). The summed E-state index contributed by atoms with van der Waals surface area (Å²) in [4.78, 5) is 10.2. The summed E-state index contributed by atoms with van der Waals surface area (Å²) in [7, 11) is 0. The van der Waals surface area contributed by atoms with Gasteiger partial charge in [0.25, 0.3) is 0 Å². The van der Waals surface area contributed by atoms with Gasteiger partial charge in [-0.15, -0.1) is 0 Å². The van der Waals surface area contributed by atoms with Crippen LogP contribution in [0.4, 0.5) is 0 Å². The standard InChI is InChI=1S/C4H12N4O2/c5-1-2(6)4(7,8)3(9)10/h2H,1,5-8H2,(H,9,10). The second-order valence-corrected chi connectivity index (χ2v) is 2.08. The molecule has 1 unspecified atom stereocenters. The van der Waals surface area contributed by atoms with Crippen LogP contribution < -0.4 is 22.9 Å². The lowest BCUT2D eigenvalue weighted by Crippen LogP contribution is -2.69. The van der Waals surface area contributed by atoms with Gasteiger partial charge in [-0.05, 0) is 0 Å². The third-order valence-electron chi connectivity index (χ3n) is 1.24. The van der Waals surface area contributed by atoms with Crippen LogP contribution in [0.2, 0.25) is 0 Å². The second kappa shape index (κ2) is 2.93. The number of hydrogen-bond acceptors (Lipinski definition) is 5. The molecule has 0 aromatic rings. The Bertz CT molecular complexity index is 135. The highest BCUT2D eigenvalue weighted by Crippen LogP contribution is 1.94. The number of carbonyl (C=O) groups is 1. The lowest BCUT2D eigenvalue weighted by molar-refractivity contribution is -0.143. The first-order chi connectivity index (χ1) is 4.42. The molecule has 0 heterocycles. The largest absolute Gasteiger partial charge is 0.479 e. The van der Waals surface area contributed by atoms with E-state index in [1.807, 2.05) is 0 Å². The van der Waals surface area contributed by atoms with E-state index in [0.29, 0.717) is 0 Å². The Morgan fingerprint density at radius 3 is 2.10 bits per heavy atom. The van der Waals surface area contributed by atoms with E-state index in [-0.39, 0.29) is 6.54 Å². The Balaban J connectivity index is 4.23. The normalized spacial score (nSPS) is 14.8. The first-order valence-electron chi connectivity index (χ1n) is 2.69. The van der Waals surface area contributed by atoms with Crippen molar-refractivity contribution in [2.75, 3.05) is 6.54 Å². The van der Waals surface area contributed by atoms with E-state index in [1.54, 1.807) is 0 Å². The van der Waals surface area contributed by atoms with E-state index in [1.165, 1.54) is 0 Å². The number of carboxylic acid groups (broad SMARTS) is 1. The van der Waals surface area contributed by atoms with Gasteiger partial charge >= 0.3 is 5.97 Å². The quantitative estimate of drug-likeness (QED) is 0.269. The van der Waals surface area contributed by atoms with Gasteiger partial charge in [-0.2, -0.15) is 0 Å². The lowest BCUT2D eigenvalue weighted by atomic mass is 10.0. The Morgan fingerprint density at radius 2 is 2.00 bits per heavy atom. The summed E-state index contributed by atoms with van der Waals surface area (Å²) in [6.07, 6.45) is 0. The molecule has 10 heavy (non-hydrogen) atoms. The highest BCUT2D eigenvalue weighted by atomic mass is 16.4. The molecule has 0 aliphatic heterocycles. The van der Waals surface area contributed by atoms with Crippen LogP contribution in [0.25, 0.3) is 0 Å². The number of hydrogen-bond donors (Lipinski definition) is 5. The molecule has 0 radical (unpaired) electrons. The number of carboxylic acids is 1. The average molecular weight is 148 g/mol. The van der Waals surface area contributed by atoms with Gasteiger partial charge < -0.3 is 28.0 Å². The van der Waals surface area contributed by atoms with Gasteiger partial charge in [-0.3, -0.25) is 0 Å². The molecule has 0 bridgehead atoms. The van der Waals surface area contributed by atoms with Crippen LogP contribution in [-0.2, 0) is 4.79 Å². The van der Waals surface area contributed by atoms with Gasteiger partial charge in [-0.1, -0.05) is 0 Å². The molecule has 0 aromatic carbocycles. The fourth-order valence-corrected chi connectivity index (χ4v) is 0.354. The Hall–Kier alpha value is -0.690. The highest BCUT2D eigenvalue weighted by molar-refractivity contribution is 5.78. The molecule has 0 aliphatic carbocycles. The fourth-order valence-electron chi connectivity index (χ4n) is 0.354. The molecule has 6 heteroatoms. The van der Waals surface area contributed by atoms with Crippen LogP contribution in [0.1, 0.15) is 0 Å². The zero-order chi connectivity index (χ0) is 8.36. The first-order valence-corrected chi connectivity index (χ1v) is 2.69. The van der Waals surface area contributed by atoms with Gasteiger partial charge in [0, 0.05) is 6.54 Å². The Labute approximate surface area is 58.1 Å². The van der Waals surface area contributed by atoms with E-state index in [0.717, 1.165) is 0 Å². The van der Waals surface area contributed by atoms with Crippen LogP contribution in [-0.4, -0.2) is 29.3 Å². The zero-order valence-electron chi connectivity index (χ0n) is 5.45. The zero-order valence-corrected chi connectivity index (χ0v) is 5.45. The molecule has 0 saturated heterocycles. The summed E-state index contributed by atoms with van der Waals surface area (Å²) in [6.45, 7) is -0.0562. The molecular formula is C4H12N4O2. The molecule has 0 amide bonds. The van der Waals surface area contributed by atoms with Crippen molar-refractivity contribution < 1.29 is 9.90 Å². The molecule has 0 spiro atoms. The van der Waals surface area contributed by atoms with Gasteiger partial charge in [0.1, 0.15) is 0 Å². The molecule has 0 aromatic heterocycles. The molecule has 6 nitrogen and oxygen atoms in total. The number of nitrogens with two attached hydrogens (primary N) is 4. The van der Waals surface area contributed by atoms with Crippen molar-refractivity contribution in [3.05, 3.63) is 0 Å². The van der Waals surface area contributed by atoms with Crippen molar-refractivity contribution in [3.8, 4) is 0 Å². The fraction of sp³-hybridized carbons (Fsp3) is 0.750. The maximum atomic E-state index is 10.2. The minimum Gasteiger partial charge on any atom is -0.479 e. The van der Waals surface area contributed by atoms with Crippen LogP contribution in [0.3, 0.4) is 0 Å². The predicted molar refractivity (Wildman–Crippen MR) is 35.8 cm³/mol. The Kier molecular flexibility index (Phi) is 2.73. The summed E-state index contributed by atoms with van der Waals surface area (Å²) in [6, 6.07) is -0.926. The lowest BCUT2D eigenvalue weighted by Gasteiger charge is -2.24. The minimum atomic E-state index is -1.92. The number of aliphatic carboxylic acids is 1. The summed E-state index contributed by atoms with van der Waals surface area (Å²) in [5.74, 6) is -1.36. The Morgan fingerprint density at radius 1 is 1.60 bits per heavy atom. The van der Waals surface area contributed by atoms with Gasteiger partial charge in [0.2, 0.25) is 0 Å². The van der Waals surface area contributed by atoms with Crippen molar-refractivity contribution in [1.82, 2.24) is 0 Å². The molecule has 0 fully saturated rings. The van der Waals surface area contributed by atoms with Crippen LogP contribution in [0.5, 0.6) is 0 Å². The monoisotopic (exact) mass is 148 g/mol. The van der Waals surface area contributed by atoms with Crippen LogP contribution in [0.15, 0.2) is 0 Å². The summed E-state index contributed by atoms with van der Waals surface area (Å²) < 4.78 is 0.